The molecule has 0 bridgehead atoms. The molecule has 0 aromatic carbocycles. The van der Waals surface area contributed by atoms with Crippen molar-refractivity contribution in [2.45, 2.75) is 31.8 Å². The average Bonchev–Trinajstić information content (AvgIpc) is 2.11. The summed E-state index contributed by atoms with van der Waals surface area (Å²) in [7, 11) is 3.75. The number of hydrogen-bond acceptors (Lipinski definition) is 3. The van der Waals surface area contributed by atoms with Crippen molar-refractivity contribution in [1.82, 2.24) is 0 Å². The van der Waals surface area contributed by atoms with E-state index < -0.39 is 0 Å². The van der Waals surface area contributed by atoms with Crippen molar-refractivity contribution >= 4 is 33.3 Å². The lowest BCUT2D eigenvalue weighted by Crippen LogP contribution is -1.87. The predicted octanol–water partition coefficient (Wildman–Crippen LogP) is 4.90. The third-order valence-electron chi connectivity index (χ3n) is 1.05. The van der Waals surface area contributed by atoms with E-state index >= 15 is 0 Å². The molecule has 0 rings (SSSR count). The van der Waals surface area contributed by atoms with Crippen LogP contribution in [0.3, 0.4) is 0 Å². The molecule has 0 saturated carbocycles. The Bertz CT molecular complexity index is 141. The van der Waals surface area contributed by atoms with E-state index in [1.165, 1.54) is 6.42 Å². The van der Waals surface area contributed by atoms with Crippen LogP contribution >= 0.6 is 33.3 Å². The second kappa shape index (κ2) is 9.62. The maximum absolute atomic E-state index is 2.23. The third kappa shape index (κ3) is 7.19. The van der Waals surface area contributed by atoms with Crippen molar-refractivity contribution < 1.29 is 0 Å². The molecule has 0 nitrogen and oxygen atoms in total. The summed E-state index contributed by atoms with van der Waals surface area (Å²) in [5.74, 6) is 0. The molecule has 0 radical (unpaired) electrons. The Labute approximate surface area is 88.0 Å². The molecule has 0 fully saturated rings. The van der Waals surface area contributed by atoms with E-state index in [4.69, 9.17) is 0 Å². The molecule has 0 aromatic rings. The standard InChI is InChI=1S/C9H16S3/c1-4-7-10-9(6-3)12-11-8-5-2/h4-5,7-9H,6H2,1-3H3/b7-4+,8-5+/t9-/m0/s1. The molecule has 70 valence electrons. The largest absolute Gasteiger partial charge is 0.119 e. The van der Waals surface area contributed by atoms with Crippen molar-refractivity contribution in [2.75, 3.05) is 0 Å². The fourth-order valence-corrected chi connectivity index (χ4v) is 3.96. The smallest absolute Gasteiger partial charge is 0.0647 e. The predicted molar refractivity (Wildman–Crippen MR) is 66.5 cm³/mol. The highest BCUT2D eigenvalue weighted by Crippen LogP contribution is 2.36. The molecule has 12 heavy (non-hydrogen) atoms. The van der Waals surface area contributed by atoms with Crippen LogP contribution in [0.1, 0.15) is 27.2 Å². The van der Waals surface area contributed by atoms with Gasteiger partial charge in [-0.3, -0.25) is 0 Å². The molecule has 0 aromatic heterocycles. The van der Waals surface area contributed by atoms with Gasteiger partial charge in [-0.1, -0.05) is 40.7 Å². The van der Waals surface area contributed by atoms with E-state index in [1.54, 1.807) is 0 Å². The Morgan fingerprint density at radius 1 is 1.17 bits per heavy atom. The first kappa shape index (κ1) is 12.5. The van der Waals surface area contributed by atoms with Gasteiger partial charge < -0.3 is 0 Å². The Hall–Kier alpha value is 0.530. The van der Waals surface area contributed by atoms with Crippen molar-refractivity contribution in [3.8, 4) is 0 Å². The van der Waals surface area contributed by atoms with Crippen molar-refractivity contribution in [3.63, 3.8) is 0 Å². The molecule has 0 aliphatic rings. The van der Waals surface area contributed by atoms with Gasteiger partial charge in [-0.2, -0.15) is 0 Å². The Balaban J connectivity index is 3.52. The number of hydrogen-bond donors (Lipinski definition) is 0. The zero-order valence-corrected chi connectivity index (χ0v) is 10.3. The third-order valence-corrected chi connectivity index (χ3v) is 5.51. The van der Waals surface area contributed by atoms with Gasteiger partial charge in [-0.25, -0.2) is 0 Å². The molecular formula is C9H16S3. The molecule has 0 amide bonds. The fourth-order valence-electron chi connectivity index (χ4n) is 0.503. The summed E-state index contributed by atoms with van der Waals surface area (Å²) in [5.41, 5.74) is 0. The first-order valence-electron chi connectivity index (χ1n) is 4.05. The van der Waals surface area contributed by atoms with Gasteiger partial charge in [0.1, 0.15) is 0 Å². The van der Waals surface area contributed by atoms with Gasteiger partial charge in [0, 0.05) is 0 Å². The van der Waals surface area contributed by atoms with E-state index in [-0.39, 0.29) is 0 Å². The lowest BCUT2D eigenvalue weighted by atomic mass is 10.6. The Morgan fingerprint density at radius 2 is 1.83 bits per heavy atom. The summed E-state index contributed by atoms with van der Waals surface area (Å²) in [6, 6.07) is 0. The van der Waals surface area contributed by atoms with Crippen LogP contribution in [0.25, 0.3) is 0 Å². The summed E-state index contributed by atoms with van der Waals surface area (Å²) in [4.78, 5) is 0. The maximum Gasteiger partial charge on any atom is 0.0647 e. The van der Waals surface area contributed by atoms with Crippen molar-refractivity contribution in [3.05, 3.63) is 23.0 Å². The first-order chi connectivity index (χ1) is 5.85. The average molecular weight is 220 g/mol. The van der Waals surface area contributed by atoms with Gasteiger partial charge in [0.25, 0.3) is 0 Å². The highest BCUT2D eigenvalue weighted by molar-refractivity contribution is 8.79. The fraction of sp³-hybridized carbons (Fsp3) is 0.556. The monoisotopic (exact) mass is 220 g/mol. The zero-order chi connectivity index (χ0) is 9.23. The molecule has 0 unspecified atom stereocenters. The highest BCUT2D eigenvalue weighted by atomic mass is 33.1. The van der Waals surface area contributed by atoms with Crippen LogP contribution in [0.2, 0.25) is 0 Å². The van der Waals surface area contributed by atoms with Crippen molar-refractivity contribution in [1.29, 1.82) is 0 Å². The Morgan fingerprint density at radius 3 is 2.33 bits per heavy atom. The van der Waals surface area contributed by atoms with Crippen LogP contribution < -0.4 is 0 Å². The van der Waals surface area contributed by atoms with Crippen LogP contribution in [0.15, 0.2) is 23.0 Å². The molecule has 1 atom stereocenters. The van der Waals surface area contributed by atoms with Crippen LogP contribution in [-0.2, 0) is 0 Å². The summed E-state index contributed by atoms with van der Waals surface area (Å²) < 4.78 is 0.683. The summed E-state index contributed by atoms with van der Waals surface area (Å²) in [6.45, 7) is 6.33. The summed E-state index contributed by atoms with van der Waals surface area (Å²) in [6.07, 6.45) is 5.38. The molecule has 0 heterocycles. The molecule has 0 N–H and O–H groups in total. The van der Waals surface area contributed by atoms with Crippen LogP contribution in [-0.4, -0.2) is 4.58 Å². The molecule has 0 spiro atoms. The van der Waals surface area contributed by atoms with Crippen molar-refractivity contribution in [2.24, 2.45) is 0 Å². The van der Waals surface area contributed by atoms with Crippen LogP contribution in [0, 0.1) is 0 Å². The van der Waals surface area contributed by atoms with Gasteiger partial charge in [0.05, 0.1) is 4.58 Å². The van der Waals surface area contributed by atoms with Crippen LogP contribution in [0.5, 0.6) is 0 Å². The van der Waals surface area contributed by atoms with Gasteiger partial charge in [0.15, 0.2) is 0 Å². The minimum atomic E-state index is 0.683. The van der Waals surface area contributed by atoms with E-state index in [0.717, 1.165) is 0 Å². The van der Waals surface area contributed by atoms with Gasteiger partial charge >= 0.3 is 0 Å². The van der Waals surface area contributed by atoms with E-state index in [1.807, 2.05) is 40.3 Å². The molecule has 0 saturated heterocycles. The number of allylic oxidation sites excluding steroid dienone is 2. The summed E-state index contributed by atoms with van der Waals surface area (Å²) in [5, 5.41) is 4.29. The van der Waals surface area contributed by atoms with E-state index in [2.05, 4.69) is 36.8 Å². The normalized spacial score (nSPS) is 14.6. The molecular weight excluding hydrogens is 204 g/mol. The lowest BCUT2D eigenvalue weighted by molar-refractivity contribution is 1.06. The second-order valence-electron chi connectivity index (χ2n) is 2.11. The quantitative estimate of drug-likeness (QED) is 0.461. The SMILES string of the molecule is C/C=C/SS[C@@H](CC)S/C=C/C. The zero-order valence-electron chi connectivity index (χ0n) is 7.82. The minimum absolute atomic E-state index is 0.683. The van der Waals surface area contributed by atoms with E-state index in [0.29, 0.717) is 4.58 Å². The Kier molecular flexibility index (Phi) is 10.0. The van der Waals surface area contributed by atoms with Gasteiger partial charge in [-0.05, 0) is 31.1 Å². The minimum Gasteiger partial charge on any atom is -0.119 e. The van der Waals surface area contributed by atoms with Gasteiger partial charge in [0.2, 0.25) is 0 Å². The lowest BCUT2D eigenvalue weighted by Gasteiger charge is -2.08. The maximum atomic E-state index is 2.23. The molecule has 0 aliphatic heterocycles. The van der Waals surface area contributed by atoms with Gasteiger partial charge in [-0.15, -0.1) is 11.8 Å². The highest BCUT2D eigenvalue weighted by Gasteiger charge is 2.03. The van der Waals surface area contributed by atoms with Crippen LogP contribution in [0.4, 0.5) is 0 Å². The molecule has 0 aliphatic carbocycles. The second-order valence-corrected chi connectivity index (χ2v) is 5.90. The number of thioether (sulfide) groups is 1. The topological polar surface area (TPSA) is 0 Å². The van der Waals surface area contributed by atoms with E-state index in [9.17, 15) is 0 Å². The number of rotatable bonds is 6. The summed E-state index contributed by atoms with van der Waals surface area (Å²) >= 11 is 1.90. The first-order valence-corrected chi connectivity index (χ1v) is 7.27. The molecule has 3 heteroatoms.